The van der Waals surface area contributed by atoms with Crippen LogP contribution in [0, 0.1) is 5.92 Å². The first-order valence-corrected chi connectivity index (χ1v) is 9.93. The molecule has 0 spiro atoms. The summed E-state index contributed by atoms with van der Waals surface area (Å²) in [5.74, 6) is -0.990. The third-order valence-corrected chi connectivity index (χ3v) is 6.01. The maximum atomic E-state index is 12.9. The molecule has 1 aliphatic heterocycles. The van der Waals surface area contributed by atoms with E-state index in [-0.39, 0.29) is 23.0 Å². The number of carbonyl (C=O) groups excluding carboxylic acids is 2. The van der Waals surface area contributed by atoms with E-state index < -0.39 is 11.9 Å². The standard InChI is InChI=1S/C21H22N2O3S/c1-22(2)15-9-7-13(8-10-15)18-17(19(24)14-5-6-14)20(25)21(26)23(18)12-16-4-3-11-27-16/h3-4,7-11,14,18,25H,5-6,12H2,1-2H3. The molecule has 1 aromatic carbocycles. The van der Waals surface area contributed by atoms with Crippen LogP contribution in [-0.2, 0) is 16.1 Å². The number of nitrogens with zero attached hydrogens (tertiary/aromatic N) is 2. The molecule has 140 valence electrons. The number of anilines is 1. The lowest BCUT2D eigenvalue weighted by Crippen LogP contribution is -2.30. The number of aliphatic hydroxyl groups is 1. The molecule has 0 saturated heterocycles. The van der Waals surface area contributed by atoms with Gasteiger partial charge >= 0.3 is 0 Å². The molecule has 0 radical (unpaired) electrons. The molecule has 27 heavy (non-hydrogen) atoms. The van der Waals surface area contributed by atoms with E-state index >= 15 is 0 Å². The van der Waals surface area contributed by atoms with E-state index in [1.54, 1.807) is 16.2 Å². The first-order valence-electron chi connectivity index (χ1n) is 9.05. The van der Waals surface area contributed by atoms with Gasteiger partial charge in [-0.25, -0.2) is 0 Å². The number of thiophene rings is 1. The molecule has 1 amide bonds. The minimum atomic E-state index is -0.538. The van der Waals surface area contributed by atoms with Crippen molar-refractivity contribution in [1.82, 2.24) is 4.90 Å². The summed E-state index contributed by atoms with van der Waals surface area (Å²) in [5.41, 5.74) is 2.14. The van der Waals surface area contributed by atoms with Gasteiger partial charge < -0.3 is 14.9 Å². The maximum Gasteiger partial charge on any atom is 0.290 e. The summed E-state index contributed by atoms with van der Waals surface area (Å²) in [6.45, 7) is 0.377. The van der Waals surface area contributed by atoms with E-state index in [4.69, 9.17) is 0 Å². The predicted octanol–water partition coefficient (Wildman–Crippen LogP) is 3.69. The molecule has 1 aliphatic carbocycles. The number of aliphatic hydroxyl groups excluding tert-OH is 1. The zero-order valence-electron chi connectivity index (χ0n) is 15.4. The number of rotatable bonds is 6. The van der Waals surface area contributed by atoms with Crippen molar-refractivity contribution in [3.05, 3.63) is 63.6 Å². The Hall–Kier alpha value is -2.60. The quantitative estimate of drug-likeness (QED) is 0.828. The minimum Gasteiger partial charge on any atom is -0.503 e. The molecule has 2 heterocycles. The topological polar surface area (TPSA) is 60.9 Å². The molecule has 1 fully saturated rings. The second kappa shape index (κ2) is 6.85. The van der Waals surface area contributed by atoms with Crippen LogP contribution in [0.15, 0.2) is 53.1 Å². The molecule has 2 aliphatic rings. The Balaban J connectivity index is 1.74. The average Bonchev–Trinajstić information content (AvgIpc) is 3.34. The second-order valence-corrected chi connectivity index (χ2v) is 8.33. The van der Waals surface area contributed by atoms with Crippen LogP contribution in [0.3, 0.4) is 0 Å². The van der Waals surface area contributed by atoms with Gasteiger partial charge in [-0.15, -0.1) is 11.3 Å². The van der Waals surface area contributed by atoms with E-state index in [9.17, 15) is 14.7 Å². The Labute approximate surface area is 162 Å². The number of carbonyl (C=O) groups is 2. The lowest BCUT2D eigenvalue weighted by molar-refractivity contribution is -0.130. The first kappa shape index (κ1) is 17.8. The van der Waals surface area contributed by atoms with Crippen LogP contribution in [0.4, 0.5) is 5.69 Å². The van der Waals surface area contributed by atoms with Crippen molar-refractivity contribution in [3.63, 3.8) is 0 Å². The minimum absolute atomic E-state index is 0.0554. The molecule has 1 aromatic heterocycles. The largest absolute Gasteiger partial charge is 0.503 e. The summed E-state index contributed by atoms with van der Waals surface area (Å²) in [7, 11) is 3.93. The average molecular weight is 382 g/mol. The van der Waals surface area contributed by atoms with Crippen molar-refractivity contribution in [2.75, 3.05) is 19.0 Å². The van der Waals surface area contributed by atoms with Gasteiger partial charge in [-0.3, -0.25) is 9.59 Å². The van der Waals surface area contributed by atoms with Gasteiger partial charge in [0.15, 0.2) is 11.5 Å². The maximum absolute atomic E-state index is 12.9. The monoisotopic (exact) mass is 382 g/mol. The Bertz CT molecular complexity index is 896. The smallest absolute Gasteiger partial charge is 0.290 e. The number of hydrogen-bond acceptors (Lipinski definition) is 5. The van der Waals surface area contributed by atoms with Gasteiger partial charge in [0, 0.05) is 30.6 Å². The van der Waals surface area contributed by atoms with Crippen LogP contribution in [-0.4, -0.2) is 35.8 Å². The number of Topliss-reactive ketones (excluding diaryl/α,β-unsaturated/α-hetero) is 1. The summed E-state index contributed by atoms with van der Waals surface area (Å²) in [6, 6.07) is 11.2. The SMILES string of the molecule is CN(C)c1ccc(C2C(C(=O)C3CC3)=C(O)C(=O)N2Cc2cccs2)cc1. The van der Waals surface area contributed by atoms with Crippen LogP contribution < -0.4 is 4.90 Å². The lowest BCUT2D eigenvalue weighted by atomic mass is 9.94. The zero-order valence-corrected chi connectivity index (χ0v) is 16.2. The molecular weight excluding hydrogens is 360 g/mol. The third kappa shape index (κ3) is 3.25. The predicted molar refractivity (Wildman–Crippen MR) is 106 cm³/mol. The number of hydrogen-bond donors (Lipinski definition) is 1. The van der Waals surface area contributed by atoms with Crippen LogP contribution in [0.2, 0.25) is 0 Å². The van der Waals surface area contributed by atoms with Crippen molar-refractivity contribution < 1.29 is 14.7 Å². The highest BCUT2D eigenvalue weighted by Crippen LogP contribution is 2.44. The highest BCUT2D eigenvalue weighted by atomic mass is 32.1. The number of benzene rings is 1. The van der Waals surface area contributed by atoms with Crippen LogP contribution in [0.1, 0.15) is 29.3 Å². The summed E-state index contributed by atoms with van der Waals surface area (Å²) in [5, 5.41) is 12.5. The van der Waals surface area contributed by atoms with Gasteiger partial charge in [-0.2, -0.15) is 0 Å². The van der Waals surface area contributed by atoms with Crippen LogP contribution in [0.5, 0.6) is 0 Å². The molecular formula is C21H22N2O3S. The number of ketones is 1. The Morgan fingerprint density at radius 2 is 1.93 bits per heavy atom. The van der Waals surface area contributed by atoms with Gasteiger partial charge in [0.2, 0.25) is 0 Å². The van der Waals surface area contributed by atoms with Crippen molar-refractivity contribution in [2.45, 2.75) is 25.4 Å². The molecule has 5 nitrogen and oxygen atoms in total. The van der Waals surface area contributed by atoms with E-state index in [0.717, 1.165) is 29.0 Å². The van der Waals surface area contributed by atoms with Gasteiger partial charge in [0.1, 0.15) is 0 Å². The lowest BCUT2D eigenvalue weighted by Gasteiger charge is -2.27. The van der Waals surface area contributed by atoms with E-state index in [1.807, 2.05) is 60.8 Å². The highest BCUT2D eigenvalue weighted by Gasteiger charge is 2.47. The molecule has 1 atom stereocenters. The van der Waals surface area contributed by atoms with Crippen LogP contribution >= 0.6 is 11.3 Å². The van der Waals surface area contributed by atoms with Crippen molar-refractivity contribution in [2.24, 2.45) is 5.92 Å². The van der Waals surface area contributed by atoms with Crippen molar-refractivity contribution >= 4 is 28.7 Å². The highest BCUT2D eigenvalue weighted by molar-refractivity contribution is 7.09. The van der Waals surface area contributed by atoms with Gasteiger partial charge in [-0.05, 0) is 42.0 Å². The van der Waals surface area contributed by atoms with E-state index in [0.29, 0.717) is 6.54 Å². The van der Waals surface area contributed by atoms with Crippen LogP contribution in [0.25, 0.3) is 0 Å². The first-order chi connectivity index (χ1) is 13.0. The summed E-state index contributed by atoms with van der Waals surface area (Å²) >= 11 is 1.56. The number of amides is 1. The van der Waals surface area contributed by atoms with E-state index in [1.165, 1.54) is 0 Å². The van der Waals surface area contributed by atoms with E-state index in [2.05, 4.69) is 0 Å². The Kier molecular flexibility index (Phi) is 4.52. The summed E-state index contributed by atoms with van der Waals surface area (Å²) < 4.78 is 0. The van der Waals surface area contributed by atoms with Gasteiger partial charge in [0.25, 0.3) is 5.91 Å². The van der Waals surface area contributed by atoms with Crippen molar-refractivity contribution in [3.8, 4) is 0 Å². The molecule has 1 saturated carbocycles. The van der Waals surface area contributed by atoms with Crippen molar-refractivity contribution in [1.29, 1.82) is 0 Å². The summed E-state index contributed by atoms with van der Waals surface area (Å²) in [6.07, 6.45) is 1.67. The van der Waals surface area contributed by atoms with Gasteiger partial charge in [-0.1, -0.05) is 18.2 Å². The zero-order chi connectivity index (χ0) is 19.1. The van der Waals surface area contributed by atoms with Gasteiger partial charge in [0.05, 0.1) is 18.2 Å². The second-order valence-electron chi connectivity index (χ2n) is 7.30. The summed E-state index contributed by atoms with van der Waals surface area (Å²) in [4.78, 5) is 30.3. The Morgan fingerprint density at radius 3 is 2.48 bits per heavy atom. The fourth-order valence-electron chi connectivity index (χ4n) is 3.51. The third-order valence-electron chi connectivity index (χ3n) is 5.15. The molecule has 1 N–H and O–H groups in total. The molecule has 6 heteroatoms. The Morgan fingerprint density at radius 1 is 1.22 bits per heavy atom. The molecule has 2 aromatic rings. The molecule has 1 unspecified atom stereocenters. The molecule has 0 bridgehead atoms. The fraction of sp³-hybridized carbons (Fsp3) is 0.333. The normalized spacial score (nSPS) is 19.7. The molecule has 4 rings (SSSR count). The fourth-order valence-corrected chi connectivity index (χ4v) is 4.21.